The number of fused-ring (bicyclic) bond motifs is 2. The molecule has 0 aliphatic carbocycles. The van der Waals surface area contributed by atoms with Gasteiger partial charge in [-0.2, -0.15) is 0 Å². The van der Waals surface area contributed by atoms with Gasteiger partial charge in [0.25, 0.3) is 0 Å². The van der Waals surface area contributed by atoms with Crippen LogP contribution in [0.5, 0.6) is 0 Å². The topological polar surface area (TPSA) is 25.8 Å². The van der Waals surface area contributed by atoms with E-state index in [9.17, 15) is 0 Å². The summed E-state index contributed by atoms with van der Waals surface area (Å²) in [7, 11) is 0. The van der Waals surface area contributed by atoms with Crippen LogP contribution in [0.3, 0.4) is 0 Å². The van der Waals surface area contributed by atoms with E-state index in [1.54, 1.807) is 11.3 Å². The van der Waals surface area contributed by atoms with Gasteiger partial charge in [-0.15, -0.1) is 11.3 Å². The molecule has 2 aromatic heterocycles. The Morgan fingerprint density at radius 3 is 1.57 bits per heavy atom. The Labute approximate surface area is 359 Å². The lowest BCUT2D eigenvalue weighted by Crippen LogP contribution is -1.93. The van der Waals surface area contributed by atoms with Crippen molar-refractivity contribution in [3.63, 3.8) is 0 Å². The highest BCUT2D eigenvalue weighted by molar-refractivity contribution is 7.22. The van der Waals surface area contributed by atoms with E-state index in [0.717, 1.165) is 55.3 Å². The van der Waals surface area contributed by atoms with Crippen molar-refractivity contribution >= 4 is 32.3 Å². The Hall–Kier alpha value is -7.72. The fraction of sp³-hybridized carbons (Fsp3) is 0. The summed E-state index contributed by atoms with van der Waals surface area (Å²) in [6.07, 6.45) is 0. The highest BCUT2D eigenvalue weighted by Crippen LogP contribution is 2.43. The zero-order chi connectivity index (χ0) is 40.5. The first-order chi connectivity index (χ1) is 30.2. The minimum Gasteiger partial charge on any atom is -0.248 e. The molecule has 0 aliphatic heterocycles. The van der Waals surface area contributed by atoms with E-state index in [1.165, 1.54) is 54.4 Å². The molecule has 2 nitrogen and oxygen atoms in total. The number of hydrogen-bond acceptors (Lipinski definition) is 3. The molecule has 61 heavy (non-hydrogen) atoms. The van der Waals surface area contributed by atoms with Crippen molar-refractivity contribution in [3.05, 3.63) is 231 Å². The van der Waals surface area contributed by atoms with Crippen LogP contribution in [0, 0.1) is 0 Å². The monoisotopic (exact) mass is 794 g/mol. The number of aromatic nitrogens is 2. The van der Waals surface area contributed by atoms with Gasteiger partial charge >= 0.3 is 0 Å². The summed E-state index contributed by atoms with van der Waals surface area (Å²) in [6.45, 7) is 0. The van der Waals surface area contributed by atoms with Gasteiger partial charge in [0.1, 0.15) is 5.01 Å². The fourth-order valence-electron chi connectivity index (χ4n) is 8.51. The second kappa shape index (κ2) is 15.8. The summed E-state index contributed by atoms with van der Waals surface area (Å²) in [5, 5.41) is 3.44. The van der Waals surface area contributed by atoms with Gasteiger partial charge in [-0.3, -0.25) is 0 Å². The Kier molecular flexibility index (Phi) is 9.42. The van der Waals surface area contributed by atoms with E-state index in [2.05, 4.69) is 231 Å². The molecule has 0 saturated carbocycles. The molecule has 0 bridgehead atoms. The lowest BCUT2D eigenvalue weighted by Gasteiger charge is -2.16. The van der Waals surface area contributed by atoms with Crippen molar-refractivity contribution in [3.8, 4) is 88.7 Å². The maximum absolute atomic E-state index is 5.28. The van der Waals surface area contributed by atoms with Gasteiger partial charge in [-0.25, -0.2) is 9.97 Å². The minimum atomic E-state index is 0.939. The summed E-state index contributed by atoms with van der Waals surface area (Å²) in [4.78, 5) is 10.4. The normalized spacial score (nSPS) is 11.3. The van der Waals surface area contributed by atoms with Gasteiger partial charge in [0.2, 0.25) is 0 Å². The predicted molar refractivity (Wildman–Crippen MR) is 258 cm³/mol. The summed E-state index contributed by atoms with van der Waals surface area (Å²) < 4.78 is 1.19. The average Bonchev–Trinajstić information content (AvgIpc) is 3.80. The SMILES string of the molecule is c1ccc(-c2cccc(-c3nc4cccc(-c5cccc(-c6ccc7ccccc7c6-c6cccc(-c7cc(-c8ccccc8)cc(-c8ccccc8)n7)c6)c5)c4s3)c2)cc1. The van der Waals surface area contributed by atoms with Crippen molar-refractivity contribution in [2.24, 2.45) is 0 Å². The molecule has 0 unspecified atom stereocenters. The van der Waals surface area contributed by atoms with Crippen molar-refractivity contribution < 1.29 is 0 Å². The highest BCUT2D eigenvalue weighted by atomic mass is 32.1. The molecule has 9 aromatic carbocycles. The van der Waals surface area contributed by atoms with Gasteiger partial charge in [0.15, 0.2) is 0 Å². The molecule has 0 fully saturated rings. The Bertz CT molecular complexity index is 3290. The first kappa shape index (κ1) is 36.4. The standard InChI is InChI=1S/C58H38N2S/c1-4-16-39(17-5-1)43-23-12-28-48(34-43)58-60-53-31-15-30-52(57(53)61-58)45-25-13-24-44(35-45)51-33-32-41-20-10-11-29-50(41)56(51)47-27-14-26-46(36-47)55-38-49(40-18-6-2-7-19-40)37-54(59-55)42-21-8-3-9-22-42/h1-38H. The molecule has 0 amide bonds. The number of hydrogen-bond donors (Lipinski definition) is 0. The number of rotatable bonds is 8. The van der Waals surface area contributed by atoms with E-state index in [-0.39, 0.29) is 0 Å². The minimum absolute atomic E-state index is 0.939. The lowest BCUT2D eigenvalue weighted by molar-refractivity contribution is 1.32. The van der Waals surface area contributed by atoms with Crippen LogP contribution in [-0.2, 0) is 0 Å². The maximum atomic E-state index is 5.28. The third-order valence-electron chi connectivity index (χ3n) is 11.5. The number of nitrogens with zero attached hydrogens (tertiary/aromatic N) is 2. The van der Waals surface area contributed by atoms with E-state index in [1.807, 2.05) is 0 Å². The van der Waals surface area contributed by atoms with Crippen LogP contribution in [0.2, 0.25) is 0 Å². The third-order valence-corrected chi connectivity index (χ3v) is 12.6. The van der Waals surface area contributed by atoms with E-state index >= 15 is 0 Å². The Morgan fingerprint density at radius 1 is 0.295 bits per heavy atom. The van der Waals surface area contributed by atoms with Crippen LogP contribution in [-0.4, -0.2) is 9.97 Å². The Balaban J connectivity index is 1.02. The van der Waals surface area contributed by atoms with Crippen molar-refractivity contribution in [1.29, 1.82) is 0 Å². The van der Waals surface area contributed by atoms with Crippen molar-refractivity contribution in [1.82, 2.24) is 9.97 Å². The van der Waals surface area contributed by atoms with E-state index in [4.69, 9.17) is 9.97 Å². The molecule has 286 valence electrons. The zero-order valence-corrected chi connectivity index (χ0v) is 34.1. The van der Waals surface area contributed by atoms with Crippen LogP contribution >= 0.6 is 11.3 Å². The predicted octanol–water partition coefficient (Wildman–Crippen LogP) is 16.2. The van der Waals surface area contributed by atoms with Crippen LogP contribution < -0.4 is 0 Å². The number of pyridine rings is 1. The maximum Gasteiger partial charge on any atom is 0.124 e. The smallest absolute Gasteiger partial charge is 0.124 e. The number of benzene rings is 9. The molecule has 0 spiro atoms. The van der Waals surface area contributed by atoms with Crippen molar-refractivity contribution in [2.45, 2.75) is 0 Å². The number of thiazole rings is 1. The quantitative estimate of drug-likeness (QED) is 0.153. The first-order valence-electron chi connectivity index (χ1n) is 20.6. The van der Waals surface area contributed by atoms with Gasteiger partial charge in [0, 0.05) is 22.3 Å². The summed E-state index contributed by atoms with van der Waals surface area (Å²) in [6, 6.07) is 82.4. The van der Waals surface area contributed by atoms with Gasteiger partial charge < -0.3 is 0 Å². The first-order valence-corrected chi connectivity index (χ1v) is 21.5. The summed E-state index contributed by atoms with van der Waals surface area (Å²) in [5.41, 5.74) is 17.9. The molecular weight excluding hydrogens is 757 g/mol. The summed E-state index contributed by atoms with van der Waals surface area (Å²) in [5.74, 6) is 0. The van der Waals surface area contributed by atoms with Gasteiger partial charge in [-0.1, -0.05) is 194 Å². The Morgan fingerprint density at radius 2 is 0.820 bits per heavy atom. The second-order valence-electron chi connectivity index (χ2n) is 15.3. The zero-order valence-electron chi connectivity index (χ0n) is 33.2. The summed E-state index contributed by atoms with van der Waals surface area (Å²) >= 11 is 1.76. The molecule has 0 aliphatic rings. The molecule has 0 atom stereocenters. The van der Waals surface area contributed by atoms with Crippen LogP contribution in [0.15, 0.2) is 231 Å². The molecule has 0 N–H and O–H groups in total. The van der Waals surface area contributed by atoms with Crippen molar-refractivity contribution in [2.75, 3.05) is 0 Å². The van der Waals surface area contributed by atoms with Crippen LogP contribution in [0.25, 0.3) is 110 Å². The lowest BCUT2D eigenvalue weighted by atomic mass is 9.88. The second-order valence-corrected chi connectivity index (χ2v) is 16.3. The van der Waals surface area contributed by atoms with E-state index < -0.39 is 0 Å². The van der Waals surface area contributed by atoms with Crippen LogP contribution in [0.4, 0.5) is 0 Å². The molecule has 0 saturated heterocycles. The van der Waals surface area contributed by atoms with E-state index in [0.29, 0.717) is 0 Å². The highest BCUT2D eigenvalue weighted by Gasteiger charge is 2.17. The molecule has 11 rings (SSSR count). The molecule has 2 heterocycles. The molecule has 3 heteroatoms. The van der Waals surface area contributed by atoms with Crippen LogP contribution in [0.1, 0.15) is 0 Å². The third kappa shape index (κ3) is 7.12. The van der Waals surface area contributed by atoms with Gasteiger partial charge in [-0.05, 0) is 97.2 Å². The van der Waals surface area contributed by atoms with Gasteiger partial charge in [0.05, 0.1) is 21.6 Å². The molecule has 0 radical (unpaired) electrons. The largest absolute Gasteiger partial charge is 0.248 e. The average molecular weight is 795 g/mol. The fourth-order valence-corrected chi connectivity index (χ4v) is 9.60. The molecule has 11 aromatic rings. The molecular formula is C58H38N2S.